The highest BCUT2D eigenvalue weighted by molar-refractivity contribution is 8.00. The van der Waals surface area contributed by atoms with E-state index in [1.807, 2.05) is 25.1 Å². The van der Waals surface area contributed by atoms with Crippen molar-refractivity contribution in [2.75, 3.05) is 13.7 Å². The van der Waals surface area contributed by atoms with Crippen LogP contribution in [0.25, 0.3) is 10.9 Å². The van der Waals surface area contributed by atoms with Gasteiger partial charge in [0.1, 0.15) is 0 Å². The Morgan fingerprint density at radius 2 is 2.11 bits per heavy atom. The lowest BCUT2D eigenvalue weighted by molar-refractivity contribution is -0.120. The van der Waals surface area contributed by atoms with Gasteiger partial charge in [0.15, 0.2) is 5.16 Å². The molecule has 0 radical (unpaired) electrons. The summed E-state index contributed by atoms with van der Waals surface area (Å²) in [5.74, 6) is 0.0118. The minimum absolute atomic E-state index is 0.0118. The Morgan fingerprint density at radius 1 is 1.37 bits per heavy atom. The molecule has 1 aromatic carbocycles. The number of nitrogens with one attached hydrogen (secondary N) is 1. The molecule has 1 unspecified atom stereocenters. The van der Waals surface area contributed by atoms with Gasteiger partial charge in [-0.3, -0.25) is 14.2 Å². The molecule has 3 rings (SSSR count). The Morgan fingerprint density at radius 3 is 2.85 bits per heavy atom. The molecule has 1 aliphatic rings. The number of nitrogens with zero attached hydrogens (tertiary/aromatic N) is 2. The zero-order valence-electron chi connectivity index (χ0n) is 15.9. The summed E-state index contributed by atoms with van der Waals surface area (Å²) in [6.45, 7) is 2.96. The Labute approximate surface area is 163 Å². The van der Waals surface area contributed by atoms with Crippen LogP contribution in [0.15, 0.2) is 34.2 Å². The first-order valence-electron chi connectivity index (χ1n) is 9.55. The molecule has 0 saturated heterocycles. The summed E-state index contributed by atoms with van der Waals surface area (Å²) >= 11 is 1.35. The number of hydrogen-bond acceptors (Lipinski definition) is 5. The number of rotatable bonds is 8. The van der Waals surface area contributed by atoms with Crippen LogP contribution in [-0.4, -0.2) is 40.5 Å². The molecule has 1 amide bonds. The molecule has 6 nitrogen and oxygen atoms in total. The molecule has 27 heavy (non-hydrogen) atoms. The molecule has 0 spiro atoms. The van der Waals surface area contributed by atoms with Gasteiger partial charge in [0.2, 0.25) is 5.91 Å². The number of thioether (sulfide) groups is 1. The monoisotopic (exact) mass is 389 g/mol. The minimum atomic E-state index is -0.313. The van der Waals surface area contributed by atoms with Gasteiger partial charge < -0.3 is 10.1 Å². The molecule has 1 aromatic heterocycles. The first kappa shape index (κ1) is 19.9. The predicted molar refractivity (Wildman–Crippen MR) is 108 cm³/mol. The van der Waals surface area contributed by atoms with E-state index in [0.29, 0.717) is 35.6 Å². The maximum absolute atomic E-state index is 12.9. The van der Waals surface area contributed by atoms with E-state index in [1.54, 1.807) is 17.7 Å². The highest BCUT2D eigenvalue weighted by Gasteiger charge is 2.23. The fourth-order valence-corrected chi connectivity index (χ4v) is 4.35. The van der Waals surface area contributed by atoms with E-state index in [1.165, 1.54) is 24.6 Å². The third-order valence-electron chi connectivity index (χ3n) is 4.91. The number of hydrogen-bond donors (Lipinski definition) is 1. The van der Waals surface area contributed by atoms with E-state index in [2.05, 4.69) is 10.3 Å². The number of carbonyl (C=O) groups excluding carboxylic acids is 1. The summed E-state index contributed by atoms with van der Waals surface area (Å²) in [5.41, 5.74) is 0.596. The van der Waals surface area contributed by atoms with Crippen LogP contribution >= 0.6 is 11.8 Å². The van der Waals surface area contributed by atoms with Crippen molar-refractivity contribution in [3.05, 3.63) is 34.6 Å². The van der Waals surface area contributed by atoms with Gasteiger partial charge in [0.25, 0.3) is 5.56 Å². The number of para-hydroxylation sites is 1. The molecular weight excluding hydrogens is 362 g/mol. The third-order valence-corrected chi connectivity index (χ3v) is 6.00. The third kappa shape index (κ3) is 4.90. The van der Waals surface area contributed by atoms with E-state index in [-0.39, 0.29) is 22.8 Å². The van der Waals surface area contributed by atoms with Gasteiger partial charge in [-0.05, 0) is 38.3 Å². The first-order chi connectivity index (χ1) is 13.1. The number of benzene rings is 1. The maximum Gasteiger partial charge on any atom is 0.262 e. The molecule has 7 heteroatoms. The van der Waals surface area contributed by atoms with Crippen LogP contribution in [0.3, 0.4) is 0 Å². The average Bonchev–Trinajstić information content (AvgIpc) is 3.17. The van der Waals surface area contributed by atoms with Crippen molar-refractivity contribution in [3.63, 3.8) is 0 Å². The summed E-state index contributed by atoms with van der Waals surface area (Å²) < 4.78 is 6.79. The zero-order valence-corrected chi connectivity index (χ0v) is 16.8. The van der Waals surface area contributed by atoms with Crippen LogP contribution in [0.4, 0.5) is 0 Å². The van der Waals surface area contributed by atoms with Gasteiger partial charge in [-0.2, -0.15) is 0 Å². The SMILES string of the molecule is COCCCn1c(SC(C)C(=O)NC2CCCC2)nc2ccccc2c1=O. The predicted octanol–water partition coefficient (Wildman–Crippen LogP) is 2.97. The molecule has 1 saturated carbocycles. The minimum Gasteiger partial charge on any atom is -0.385 e. The summed E-state index contributed by atoms with van der Waals surface area (Å²) in [7, 11) is 1.65. The molecule has 1 heterocycles. The number of methoxy groups -OCH3 is 1. The van der Waals surface area contributed by atoms with Gasteiger partial charge in [-0.25, -0.2) is 4.98 Å². The van der Waals surface area contributed by atoms with Crippen molar-refractivity contribution in [1.29, 1.82) is 0 Å². The number of fused-ring (bicyclic) bond motifs is 1. The number of amides is 1. The number of ether oxygens (including phenoxy) is 1. The Hall–Kier alpha value is -1.86. The van der Waals surface area contributed by atoms with Crippen LogP contribution in [0.1, 0.15) is 39.0 Å². The van der Waals surface area contributed by atoms with Gasteiger partial charge >= 0.3 is 0 Å². The lowest BCUT2D eigenvalue weighted by Gasteiger charge is -2.18. The smallest absolute Gasteiger partial charge is 0.262 e. The zero-order chi connectivity index (χ0) is 19.2. The van der Waals surface area contributed by atoms with Crippen LogP contribution in [0.5, 0.6) is 0 Å². The Balaban J connectivity index is 1.83. The second kappa shape index (κ2) is 9.37. The summed E-state index contributed by atoms with van der Waals surface area (Å²) in [6, 6.07) is 7.63. The first-order valence-corrected chi connectivity index (χ1v) is 10.4. The summed E-state index contributed by atoms with van der Waals surface area (Å²) in [5, 5.41) is 4.00. The van der Waals surface area contributed by atoms with E-state index in [0.717, 1.165) is 12.8 Å². The fraction of sp³-hybridized carbons (Fsp3) is 0.550. The summed E-state index contributed by atoms with van der Waals surface area (Å²) in [4.78, 5) is 30.2. The van der Waals surface area contributed by atoms with Crippen molar-refractivity contribution in [1.82, 2.24) is 14.9 Å². The van der Waals surface area contributed by atoms with Crippen molar-refractivity contribution < 1.29 is 9.53 Å². The van der Waals surface area contributed by atoms with Gasteiger partial charge in [-0.15, -0.1) is 0 Å². The standard InChI is InChI=1S/C20H27N3O3S/c1-14(18(24)21-15-8-3-4-9-15)27-20-22-17-11-6-5-10-16(17)19(25)23(20)12-7-13-26-2/h5-6,10-11,14-15H,3-4,7-9,12-13H2,1-2H3,(H,21,24). The molecule has 1 atom stereocenters. The fourth-order valence-electron chi connectivity index (χ4n) is 3.40. The molecule has 1 aliphatic carbocycles. The molecular formula is C20H27N3O3S. The highest BCUT2D eigenvalue weighted by Crippen LogP contribution is 2.24. The molecule has 2 aromatic rings. The topological polar surface area (TPSA) is 73.2 Å². The molecule has 0 bridgehead atoms. The average molecular weight is 390 g/mol. The summed E-state index contributed by atoms with van der Waals surface area (Å²) in [6.07, 6.45) is 5.18. The van der Waals surface area contributed by atoms with E-state index in [9.17, 15) is 9.59 Å². The quantitative estimate of drug-likeness (QED) is 0.427. The van der Waals surface area contributed by atoms with Gasteiger partial charge in [-0.1, -0.05) is 36.7 Å². The highest BCUT2D eigenvalue weighted by atomic mass is 32.2. The second-order valence-electron chi connectivity index (χ2n) is 6.96. The molecule has 0 aliphatic heterocycles. The molecule has 1 N–H and O–H groups in total. The number of carbonyl (C=O) groups is 1. The lowest BCUT2D eigenvalue weighted by Crippen LogP contribution is -2.38. The lowest BCUT2D eigenvalue weighted by atomic mass is 10.2. The van der Waals surface area contributed by atoms with Crippen molar-refractivity contribution in [2.45, 2.75) is 62.0 Å². The molecule has 1 fully saturated rings. The van der Waals surface area contributed by atoms with Crippen molar-refractivity contribution in [2.24, 2.45) is 0 Å². The van der Waals surface area contributed by atoms with Crippen LogP contribution in [0, 0.1) is 0 Å². The Bertz CT molecular complexity index is 846. The van der Waals surface area contributed by atoms with Gasteiger partial charge in [0, 0.05) is 26.3 Å². The van der Waals surface area contributed by atoms with E-state index >= 15 is 0 Å². The van der Waals surface area contributed by atoms with E-state index in [4.69, 9.17) is 4.74 Å². The second-order valence-corrected chi connectivity index (χ2v) is 8.27. The van der Waals surface area contributed by atoms with Crippen molar-refractivity contribution >= 4 is 28.6 Å². The largest absolute Gasteiger partial charge is 0.385 e. The maximum atomic E-state index is 12.9. The normalized spacial score (nSPS) is 15.9. The Kier molecular flexibility index (Phi) is 6.90. The van der Waals surface area contributed by atoms with E-state index < -0.39 is 0 Å². The van der Waals surface area contributed by atoms with Crippen molar-refractivity contribution in [3.8, 4) is 0 Å². The van der Waals surface area contributed by atoms with Crippen LogP contribution in [0.2, 0.25) is 0 Å². The van der Waals surface area contributed by atoms with Crippen LogP contribution < -0.4 is 10.9 Å². The number of aromatic nitrogens is 2. The van der Waals surface area contributed by atoms with Gasteiger partial charge in [0.05, 0.1) is 16.2 Å². The molecule has 146 valence electrons. The van der Waals surface area contributed by atoms with Crippen LogP contribution in [-0.2, 0) is 16.1 Å².